The van der Waals surface area contributed by atoms with Crippen LogP contribution in [-0.4, -0.2) is 23.2 Å². The third-order valence-corrected chi connectivity index (χ3v) is 2.60. The van der Waals surface area contributed by atoms with Gasteiger partial charge in [-0.1, -0.05) is 17.7 Å². The number of carbonyl (C=O) groups is 1. The van der Waals surface area contributed by atoms with E-state index in [0.717, 1.165) is 11.1 Å². The van der Waals surface area contributed by atoms with Crippen LogP contribution < -0.4 is 4.74 Å². The molecule has 0 unspecified atom stereocenters. The highest BCUT2D eigenvalue weighted by molar-refractivity contribution is 5.86. The van der Waals surface area contributed by atoms with Crippen molar-refractivity contribution in [1.82, 2.24) is 4.98 Å². The molecule has 0 aliphatic rings. The Kier molecular flexibility index (Phi) is 3.28. The summed E-state index contributed by atoms with van der Waals surface area (Å²) in [6.07, 6.45) is 0. The number of hydrogen-bond donors (Lipinski definition) is 1. The smallest absolute Gasteiger partial charge is 0.354 e. The van der Waals surface area contributed by atoms with Crippen LogP contribution in [0.4, 0.5) is 0 Å². The van der Waals surface area contributed by atoms with Crippen LogP contribution in [0.1, 0.15) is 16.1 Å². The minimum Gasteiger partial charge on any atom is -0.496 e. The van der Waals surface area contributed by atoms with E-state index in [1.54, 1.807) is 19.2 Å². The van der Waals surface area contributed by atoms with Gasteiger partial charge in [-0.25, -0.2) is 9.78 Å². The summed E-state index contributed by atoms with van der Waals surface area (Å²) in [7, 11) is 1.58. The topological polar surface area (TPSA) is 59.4 Å². The highest BCUT2D eigenvalue weighted by Crippen LogP contribution is 2.29. The Morgan fingerprint density at radius 3 is 2.72 bits per heavy atom. The van der Waals surface area contributed by atoms with Crippen LogP contribution >= 0.6 is 0 Å². The van der Waals surface area contributed by atoms with Crippen LogP contribution in [0.25, 0.3) is 11.3 Å². The highest BCUT2D eigenvalue weighted by atomic mass is 16.5. The van der Waals surface area contributed by atoms with Gasteiger partial charge in [-0.15, -0.1) is 0 Å². The van der Waals surface area contributed by atoms with Crippen molar-refractivity contribution in [1.29, 1.82) is 0 Å². The molecule has 1 aromatic heterocycles. The van der Waals surface area contributed by atoms with Gasteiger partial charge >= 0.3 is 5.97 Å². The average Bonchev–Trinajstić information content (AvgIpc) is 2.39. The van der Waals surface area contributed by atoms with Crippen molar-refractivity contribution in [3.63, 3.8) is 0 Å². The van der Waals surface area contributed by atoms with E-state index >= 15 is 0 Å². The number of aromatic nitrogens is 1. The molecule has 1 aromatic carbocycles. The number of aryl methyl sites for hydroxylation is 1. The fourth-order valence-corrected chi connectivity index (χ4v) is 1.73. The number of aromatic carboxylic acids is 1. The lowest BCUT2D eigenvalue weighted by Gasteiger charge is -2.09. The summed E-state index contributed by atoms with van der Waals surface area (Å²) >= 11 is 0. The van der Waals surface area contributed by atoms with E-state index in [1.165, 1.54) is 6.07 Å². The van der Waals surface area contributed by atoms with Crippen molar-refractivity contribution < 1.29 is 14.6 Å². The summed E-state index contributed by atoms with van der Waals surface area (Å²) in [6, 6.07) is 10.6. The van der Waals surface area contributed by atoms with Crippen molar-refractivity contribution in [3.8, 4) is 17.0 Å². The second kappa shape index (κ2) is 4.87. The van der Waals surface area contributed by atoms with Crippen LogP contribution in [0.3, 0.4) is 0 Å². The number of carboxylic acids is 1. The molecule has 4 heteroatoms. The number of benzene rings is 1. The van der Waals surface area contributed by atoms with Crippen LogP contribution in [0.2, 0.25) is 0 Å². The maximum Gasteiger partial charge on any atom is 0.354 e. The lowest BCUT2D eigenvalue weighted by Crippen LogP contribution is -2.01. The first-order valence-electron chi connectivity index (χ1n) is 5.47. The molecule has 0 aliphatic carbocycles. The fourth-order valence-electron chi connectivity index (χ4n) is 1.73. The van der Waals surface area contributed by atoms with Gasteiger partial charge in [-0.2, -0.15) is 0 Å². The van der Waals surface area contributed by atoms with E-state index in [9.17, 15) is 4.79 Å². The molecule has 18 heavy (non-hydrogen) atoms. The third kappa shape index (κ3) is 2.32. The zero-order chi connectivity index (χ0) is 13.1. The number of carboxylic acid groups (broad SMARTS) is 1. The van der Waals surface area contributed by atoms with Gasteiger partial charge in [0, 0.05) is 5.56 Å². The number of hydrogen-bond acceptors (Lipinski definition) is 3. The van der Waals surface area contributed by atoms with E-state index in [4.69, 9.17) is 9.84 Å². The third-order valence-electron chi connectivity index (χ3n) is 2.60. The van der Waals surface area contributed by atoms with Crippen molar-refractivity contribution >= 4 is 5.97 Å². The van der Waals surface area contributed by atoms with Gasteiger partial charge in [0.1, 0.15) is 11.4 Å². The Morgan fingerprint density at radius 1 is 1.28 bits per heavy atom. The number of nitrogens with zero attached hydrogens (tertiary/aromatic N) is 1. The minimum atomic E-state index is -1.04. The molecule has 92 valence electrons. The quantitative estimate of drug-likeness (QED) is 0.900. The van der Waals surface area contributed by atoms with Gasteiger partial charge < -0.3 is 9.84 Å². The van der Waals surface area contributed by atoms with Crippen LogP contribution in [-0.2, 0) is 0 Å². The lowest BCUT2D eigenvalue weighted by atomic mass is 10.1. The predicted molar refractivity (Wildman–Crippen MR) is 67.9 cm³/mol. The average molecular weight is 243 g/mol. The van der Waals surface area contributed by atoms with E-state index in [1.807, 2.05) is 25.1 Å². The van der Waals surface area contributed by atoms with E-state index < -0.39 is 5.97 Å². The van der Waals surface area contributed by atoms with Crippen molar-refractivity contribution in [2.75, 3.05) is 7.11 Å². The molecule has 0 saturated heterocycles. The highest BCUT2D eigenvalue weighted by Gasteiger charge is 2.10. The van der Waals surface area contributed by atoms with E-state index in [2.05, 4.69) is 4.98 Å². The molecule has 0 atom stereocenters. The fraction of sp³-hybridized carbons (Fsp3) is 0.143. The van der Waals surface area contributed by atoms with Crippen molar-refractivity contribution in [3.05, 3.63) is 47.7 Å². The summed E-state index contributed by atoms with van der Waals surface area (Å²) in [5.74, 6) is -0.362. The SMILES string of the molecule is COc1ccc(C)cc1-c1cccc(C(=O)O)n1. The Labute approximate surface area is 105 Å². The van der Waals surface area contributed by atoms with E-state index in [-0.39, 0.29) is 5.69 Å². The molecule has 0 radical (unpaired) electrons. The number of ether oxygens (including phenoxy) is 1. The van der Waals surface area contributed by atoms with Gasteiger partial charge in [0.15, 0.2) is 0 Å². The second-order valence-corrected chi connectivity index (χ2v) is 3.92. The maximum absolute atomic E-state index is 10.9. The first-order valence-corrected chi connectivity index (χ1v) is 5.47. The van der Waals surface area contributed by atoms with Gasteiger partial charge in [0.05, 0.1) is 12.8 Å². The maximum atomic E-state index is 10.9. The van der Waals surface area contributed by atoms with E-state index in [0.29, 0.717) is 11.4 Å². The van der Waals surface area contributed by atoms with Gasteiger partial charge in [-0.05, 0) is 31.2 Å². The summed E-state index contributed by atoms with van der Waals surface area (Å²) in [5.41, 5.74) is 2.47. The minimum absolute atomic E-state index is 0.0241. The Balaban J connectivity index is 2.57. The normalized spacial score (nSPS) is 10.1. The van der Waals surface area contributed by atoms with Crippen molar-refractivity contribution in [2.45, 2.75) is 6.92 Å². The molecule has 0 amide bonds. The van der Waals surface area contributed by atoms with Crippen LogP contribution in [0, 0.1) is 6.92 Å². The molecule has 0 saturated carbocycles. The number of pyridine rings is 1. The molecule has 4 nitrogen and oxygen atoms in total. The summed E-state index contributed by atoms with van der Waals surface area (Å²) in [4.78, 5) is 15.0. The second-order valence-electron chi connectivity index (χ2n) is 3.92. The zero-order valence-electron chi connectivity index (χ0n) is 10.2. The Bertz CT molecular complexity index is 593. The summed E-state index contributed by atoms with van der Waals surface area (Å²) < 4.78 is 5.27. The molecule has 2 rings (SSSR count). The first kappa shape index (κ1) is 12.1. The summed E-state index contributed by atoms with van der Waals surface area (Å²) in [6.45, 7) is 1.96. The molecule has 1 heterocycles. The standard InChI is InChI=1S/C14H13NO3/c1-9-6-7-13(18-2)10(8-9)11-4-3-5-12(15-11)14(16)17/h3-8H,1-2H3,(H,16,17). The molecule has 0 fully saturated rings. The van der Waals surface area contributed by atoms with Gasteiger partial charge in [0.2, 0.25) is 0 Å². The summed E-state index contributed by atoms with van der Waals surface area (Å²) in [5, 5.41) is 8.94. The first-order chi connectivity index (χ1) is 8.61. The molecule has 0 aliphatic heterocycles. The van der Waals surface area contributed by atoms with Crippen LogP contribution in [0.15, 0.2) is 36.4 Å². The number of methoxy groups -OCH3 is 1. The molecular weight excluding hydrogens is 230 g/mol. The zero-order valence-corrected chi connectivity index (χ0v) is 10.2. The molecule has 0 spiro atoms. The monoisotopic (exact) mass is 243 g/mol. The lowest BCUT2D eigenvalue weighted by molar-refractivity contribution is 0.0690. The Morgan fingerprint density at radius 2 is 2.06 bits per heavy atom. The Hall–Kier alpha value is -2.36. The van der Waals surface area contributed by atoms with Crippen molar-refractivity contribution in [2.24, 2.45) is 0 Å². The number of rotatable bonds is 3. The van der Waals surface area contributed by atoms with Gasteiger partial charge in [0.25, 0.3) is 0 Å². The molecule has 2 aromatic rings. The largest absolute Gasteiger partial charge is 0.496 e. The molecular formula is C14H13NO3. The molecule has 0 bridgehead atoms. The van der Waals surface area contributed by atoms with Crippen LogP contribution in [0.5, 0.6) is 5.75 Å². The molecule has 1 N–H and O–H groups in total. The predicted octanol–water partition coefficient (Wildman–Crippen LogP) is 2.76. The van der Waals surface area contributed by atoms with Gasteiger partial charge in [-0.3, -0.25) is 0 Å².